The highest BCUT2D eigenvalue weighted by atomic mass is 35.5. The molecule has 37 heavy (non-hydrogen) atoms. The fraction of sp³-hybridized carbons (Fsp3) is 0.320. The molecule has 4 aromatic heterocycles. The predicted octanol–water partition coefficient (Wildman–Crippen LogP) is 3.71. The minimum Gasteiger partial charge on any atom is -0.479 e. The van der Waals surface area contributed by atoms with E-state index in [1.165, 1.54) is 11.1 Å². The van der Waals surface area contributed by atoms with Crippen molar-refractivity contribution < 1.29 is 19.0 Å². The van der Waals surface area contributed by atoms with Crippen molar-refractivity contribution in [2.45, 2.75) is 31.9 Å². The molecular weight excluding hydrogens is 501 g/mol. The summed E-state index contributed by atoms with van der Waals surface area (Å²) < 4.78 is 22.9. The standard InChI is InChI=1S/C25H25ClFN7O3/c1-15(27)25(36)32-9-6-18(7-10-32)34-16(2)23(30-31-34)17-11-21(24-19(26)12-29-33(24)13-17)37-22(14-35)20-5-3-4-8-28-20/h3-5,8,11-13,18,22,35H,1,6-7,9-10,14H2,2H3/t22-/m1/s1. The third-order valence-electron chi connectivity index (χ3n) is 6.52. The lowest BCUT2D eigenvalue weighted by atomic mass is 10.0. The zero-order valence-electron chi connectivity index (χ0n) is 20.1. The van der Waals surface area contributed by atoms with Crippen molar-refractivity contribution in [1.29, 1.82) is 0 Å². The molecule has 10 nitrogen and oxygen atoms in total. The Morgan fingerprint density at radius 2 is 2.14 bits per heavy atom. The molecule has 12 heteroatoms. The Kier molecular flexibility index (Phi) is 6.90. The Morgan fingerprint density at radius 3 is 2.81 bits per heavy atom. The van der Waals surface area contributed by atoms with Gasteiger partial charge in [0.25, 0.3) is 5.91 Å². The molecule has 1 N–H and O–H groups in total. The molecule has 5 heterocycles. The van der Waals surface area contributed by atoms with Crippen LogP contribution >= 0.6 is 11.6 Å². The Balaban J connectivity index is 1.45. The second-order valence-corrected chi connectivity index (χ2v) is 9.23. The molecule has 0 spiro atoms. The molecule has 1 saturated heterocycles. The van der Waals surface area contributed by atoms with E-state index in [2.05, 4.69) is 27.0 Å². The van der Waals surface area contributed by atoms with Gasteiger partial charge in [-0.25, -0.2) is 13.6 Å². The molecule has 1 atom stereocenters. The average Bonchev–Trinajstić information content (AvgIpc) is 3.49. The maximum absolute atomic E-state index is 13.2. The first-order valence-corrected chi connectivity index (χ1v) is 12.2. The number of rotatable bonds is 7. The number of hydrogen-bond donors (Lipinski definition) is 1. The molecule has 1 aliphatic heterocycles. The number of pyridine rings is 2. The van der Waals surface area contributed by atoms with E-state index in [0.29, 0.717) is 59.2 Å². The Morgan fingerprint density at radius 1 is 1.35 bits per heavy atom. The fourth-order valence-electron chi connectivity index (χ4n) is 4.62. The number of nitrogens with zero attached hydrogens (tertiary/aromatic N) is 7. The smallest absolute Gasteiger partial charge is 0.281 e. The lowest BCUT2D eigenvalue weighted by molar-refractivity contribution is -0.129. The first-order valence-electron chi connectivity index (χ1n) is 11.8. The summed E-state index contributed by atoms with van der Waals surface area (Å²) >= 11 is 6.41. The summed E-state index contributed by atoms with van der Waals surface area (Å²) in [5.41, 5.74) is 3.29. The summed E-state index contributed by atoms with van der Waals surface area (Å²) in [6.45, 7) is 5.55. The lowest BCUT2D eigenvalue weighted by Gasteiger charge is -2.31. The summed E-state index contributed by atoms with van der Waals surface area (Å²) in [4.78, 5) is 17.7. The van der Waals surface area contributed by atoms with Crippen LogP contribution in [0.4, 0.5) is 4.39 Å². The number of hydrogen-bond acceptors (Lipinski definition) is 7. The van der Waals surface area contributed by atoms with E-state index in [0.717, 1.165) is 5.69 Å². The van der Waals surface area contributed by atoms with Crippen LogP contribution in [-0.4, -0.2) is 65.2 Å². The quantitative estimate of drug-likeness (QED) is 0.366. The van der Waals surface area contributed by atoms with Gasteiger partial charge >= 0.3 is 0 Å². The van der Waals surface area contributed by atoms with Crippen molar-refractivity contribution in [3.63, 3.8) is 0 Å². The number of aliphatic hydroxyl groups is 1. The number of aliphatic hydroxyl groups excluding tert-OH is 1. The number of amides is 1. The first kappa shape index (κ1) is 24.8. The van der Waals surface area contributed by atoms with Crippen molar-refractivity contribution in [3.8, 4) is 17.0 Å². The largest absolute Gasteiger partial charge is 0.479 e. The van der Waals surface area contributed by atoms with E-state index < -0.39 is 17.8 Å². The van der Waals surface area contributed by atoms with Gasteiger partial charge in [0.15, 0.2) is 11.9 Å². The molecule has 4 aromatic rings. The molecule has 192 valence electrons. The van der Waals surface area contributed by atoms with Crippen LogP contribution in [0.5, 0.6) is 5.75 Å². The lowest BCUT2D eigenvalue weighted by Crippen LogP contribution is -2.39. The van der Waals surface area contributed by atoms with E-state index in [1.54, 1.807) is 35.1 Å². The predicted molar refractivity (Wildman–Crippen MR) is 134 cm³/mol. The maximum atomic E-state index is 13.2. The Bertz CT molecular complexity index is 1450. The monoisotopic (exact) mass is 525 g/mol. The van der Waals surface area contributed by atoms with E-state index in [1.807, 2.05) is 17.7 Å². The van der Waals surface area contributed by atoms with Crippen LogP contribution in [0.25, 0.3) is 16.8 Å². The number of halogens is 2. The number of aromatic nitrogens is 6. The average molecular weight is 526 g/mol. The number of ether oxygens (including phenoxy) is 1. The zero-order valence-corrected chi connectivity index (χ0v) is 20.8. The zero-order chi connectivity index (χ0) is 26.1. The third kappa shape index (κ3) is 4.79. The molecule has 1 fully saturated rings. The summed E-state index contributed by atoms with van der Waals surface area (Å²) in [5, 5.41) is 23.5. The SMILES string of the molecule is C=C(F)C(=O)N1CCC(n2nnc(-c3cc(O[C@H](CO)c4ccccn4)c4c(Cl)cnn4c3)c2C)CC1. The van der Waals surface area contributed by atoms with E-state index >= 15 is 0 Å². The van der Waals surface area contributed by atoms with Gasteiger partial charge < -0.3 is 14.7 Å². The van der Waals surface area contributed by atoms with Crippen LogP contribution in [-0.2, 0) is 4.79 Å². The number of carbonyl (C=O) groups excluding carboxylic acids is 1. The van der Waals surface area contributed by atoms with Gasteiger partial charge in [-0.1, -0.05) is 29.5 Å². The molecule has 0 bridgehead atoms. The number of piperidine rings is 1. The van der Waals surface area contributed by atoms with Gasteiger partial charge in [-0.05, 0) is 38.0 Å². The minimum atomic E-state index is -0.948. The van der Waals surface area contributed by atoms with Crippen LogP contribution in [0, 0.1) is 6.92 Å². The highest BCUT2D eigenvalue weighted by Gasteiger charge is 2.28. The van der Waals surface area contributed by atoms with Crippen molar-refractivity contribution in [2.75, 3.05) is 19.7 Å². The molecule has 0 saturated carbocycles. The molecule has 0 aromatic carbocycles. The van der Waals surface area contributed by atoms with Crippen LogP contribution in [0.1, 0.15) is 36.4 Å². The topological polar surface area (TPSA) is 111 Å². The van der Waals surface area contributed by atoms with Gasteiger partial charge in [-0.15, -0.1) is 5.10 Å². The molecule has 0 aliphatic carbocycles. The summed E-state index contributed by atoms with van der Waals surface area (Å²) in [7, 11) is 0. The fourth-order valence-corrected chi connectivity index (χ4v) is 4.84. The molecule has 1 amide bonds. The van der Waals surface area contributed by atoms with Crippen molar-refractivity contribution in [2.24, 2.45) is 0 Å². The van der Waals surface area contributed by atoms with Gasteiger partial charge in [0.05, 0.1) is 35.3 Å². The van der Waals surface area contributed by atoms with Gasteiger partial charge in [0, 0.05) is 31.0 Å². The summed E-state index contributed by atoms with van der Waals surface area (Å²) in [6, 6.07) is 7.19. The molecule has 1 aliphatic rings. The van der Waals surface area contributed by atoms with E-state index in [4.69, 9.17) is 16.3 Å². The van der Waals surface area contributed by atoms with Gasteiger partial charge in [-0.2, -0.15) is 5.10 Å². The molecule has 0 unspecified atom stereocenters. The van der Waals surface area contributed by atoms with Gasteiger partial charge in [-0.3, -0.25) is 9.78 Å². The minimum absolute atomic E-state index is 0.0136. The van der Waals surface area contributed by atoms with E-state index in [9.17, 15) is 14.3 Å². The van der Waals surface area contributed by atoms with Crippen LogP contribution in [0.2, 0.25) is 5.02 Å². The highest BCUT2D eigenvalue weighted by Crippen LogP contribution is 2.35. The van der Waals surface area contributed by atoms with Crippen molar-refractivity contribution in [3.05, 3.63) is 71.7 Å². The second-order valence-electron chi connectivity index (χ2n) is 8.82. The van der Waals surface area contributed by atoms with Crippen molar-refractivity contribution in [1.82, 2.24) is 34.5 Å². The highest BCUT2D eigenvalue weighted by molar-refractivity contribution is 6.34. The van der Waals surface area contributed by atoms with Crippen LogP contribution in [0.15, 0.2) is 55.3 Å². The summed E-state index contributed by atoms with van der Waals surface area (Å²) in [5.74, 6) is -1.20. The number of fused-ring (bicyclic) bond motifs is 1. The maximum Gasteiger partial charge on any atom is 0.281 e. The second kappa shape index (κ2) is 10.3. The molecule has 5 rings (SSSR count). The van der Waals surface area contributed by atoms with Crippen LogP contribution in [0.3, 0.4) is 0 Å². The number of carbonyl (C=O) groups is 1. The van der Waals surface area contributed by atoms with Gasteiger partial charge in [0.1, 0.15) is 17.0 Å². The van der Waals surface area contributed by atoms with E-state index in [-0.39, 0.29) is 12.6 Å². The summed E-state index contributed by atoms with van der Waals surface area (Å²) in [6.07, 6.45) is 5.47. The normalized spacial score (nSPS) is 15.2. The third-order valence-corrected chi connectivity index (χ3v) is 6.79. The Hall–Kier alpha value is -3.83. The number of likely N-dealkylation sites (tertiary alicyclic amines) is 1. The molecule has 0 radical (unpaired) electrons. The molecular formula is C25H25ClFN7O3. The first-order chi connectivity index (χ1) is 17.9. The van der Waals surface area contributed by atoms with Crippen molar-refractivity contribution >= 4 is 23.0 Å². The van der Waals surface area contributed by atoms with Gasteiger partial charge in [0.2, 0.25) is 0 Å². The Labute approximate surface area is 216 Å². The van der Waals surface area contributed by atoms with Crippen LogP contribution < -0.4 is 4.74 Å².